The van der Waals surface area contributed by atoms with Crippen LogP contribution in [0.1, 0.15) is 19.8 Å². The van der Waals surface area contributed by atoms with Crippen molar-refractivity contribution in [1.29, 1.82) is 0 Å². The molecule has 0 bridgehead atoms. The van der Waals surface area contributed by atoms with E-state index in [9.17, 15) is 9.59 Å². The lowest BCUT2D eigenvalue weighted by Crippen LogP contribution is -2.28. The summed E-state index contributed by atoms with van der Waals surface area (Å²) in [7, 11) is 0. The fourth-order valence-corrected chi connectivity index (χ4v) is 1.52. The van der Waals surface area contributed by atoms with E-state index in [0.717, 1.165) is 0 Å². The summed E-state index contributed by atoms with van der Waals surface area (Å²) >= 11 is 0. The zero-order chi connectivity index (χ0) is 14.8. The lowest BCUT2D eigenvalue weighted by atomic mass is 10.2. The Morgan fingerprint density at radius 2 is 1.90 bits per heavy atom. The number of anilines is 1. The molecule has 0 aliphatic rings. The number of ether oxygens (including phenoxy) is 1. The number of carbonyl (C=O) groups is 2. The van der Waals surface area contributed by atoms with Crippen molar-refractivity contribution >= 4 is 17.5 Å². The van der Waals surface area contributed by atoms with Crippen LogP contribution < -0.4 is 21.1 Å². The molecule has 0 aliphatic carbocycles. The van der Waals surface area contributed by atoms with E-state index in [2.05, 4.69) is 10.6 Å². The molecule has 0 heterocycles. The predicted molar refractivity (Wildman–Crippen MR) is 77.5 cm³/mol. The van der Waals surface area contributed by atoms with E-state index >= 15 is 0 Å². The standard InChI is InChI=1S/C14H21N3O3/c1-2-16-14(19)10-20-12-7-5-11(6-8-12)17-13(18)4-3-9-15/h5-8H,2-4,9-10,15H2,1H3,(H,16,19)(H,17,18). The third kappa shape index (κ3) is 6.19. The molecule has 2 amide bonds. The Morgan fingerprint density at radius 1 is 1.20 bits per heavy atom. The molecule has 0 aliphatic heterocycles. The zero-order valence-corrected chi connectivity index (χ0v) is 11.6. The summed E-state index contributed by atoms with van der Waals surface area (Å²) in [5.74, 6) is 0.356. The van der Waals surface area contributed by atoms with Crippen molar-refractivity contribution < 1.29 is 14.3 Å². The zero-order valence-electron chi connectivity index (χ0n) is 11.6. The first-order chi connectivity index (χ1) is 9.65. The molecule has 0 spiro atoms. The highest BCUT2D eigenvalue weighted by molar-refractivity contribution is 5.90. The molecule has 1 aromatic carbocycles. The Labute approximate surface area is 118 Å². The average Bonchev–Trinajstić information content (AvgIpc) is 2.45. The number of nitrogens with two attached hydrogens (primary N) is 1. The number of hydrogen-bond acceptors (Lipinski definition) is 4. The maximum absolute atomic E-state index is 11.5. The monoisotopic (exact) mass is 279 g/mol. The minimum absolute atomic E-state index is 0.0178. The topological polar surface area (TPSA) is 93.5 Å². The van der Waals surface area contributed by atoms with E-state index in [1.165, 1.54) is 0 Å². The van der Waals surface area contributed by atoms with Crippen LogP contribution in [-0.2, 0) is 9.59 Å². The fourth-order valence-electron chi connectivity index (χ4n) is 1.52. The molecule has 0 unspecified atom stereocenters. The van der Waals surface area contributed by atoms with Crippen molar-refractivity contribution in [2.75, 3.05) is 25.0 Å². The van der Waals surface area contributed by atoms with E-state index in [1.54, 1.807) is 24.3 Å². The third-order valence-electron chi connectivity index (χ3n) is 2.49. The van der Waals surface area contributed by atoms with Crippen molar-refractivity contribution in [3.63, 3.8) is 0 Å². The quantitative estimate of drug-likeness (QED) is 0.658. The third-order valence-corrected chi connectivity index (χ3v) is 2.49. The van der Waals surface area contributed by atoms with Gasteiger partial charge in [-0.1, -0.05) is 0 Å². The van der Waals surface area contributed by atoms with E-state index in [4.69, 9.17) is 10.5 Å². The fraction of sp³-hybridized carbons (Fsp3) is 0.429. The number of likely N-dealkylation sites (N-methyl/N-ethyl adjacent to an activating group) is 1. The van der Waals surface area contributed by atoms with Crippen LogP contribution >= 0.6 is 0 Å². The molecule has 0 saturated carbocycles. The van der Waals surface area contributed by atoms with Crippen molar-refractivity contribution in [2.24, 2.45) is 5.73 Å². The van der Waals surface area contributed by atoms with Crippen molar-refractivity contribution in [2.45, 2.75) is 19.8 Å². The van der Waals surface area contributed by atoms with Gasteiger partial charge >= 0.3 is 0 Å². The van der Waals surface area contributed by atoms with E-state index in [1.807, 2.05) is 6.92 Å². The number of benzene rings is 1. The van der Waals surface area contributed by atoms with E-state index in [-0.39, 0.29) is 18.4 Å². The Balaban J connectivity index is 2.40. The molecule has 6 nitrogen and oxygen atoms in total. The number of carbonyl (C=O) groups excluding carboxylic acids is 2. The highest BCUT2D eigenvalue weighted by Crippen LogP contribution is 2.15. The number of hydrogen-bond donors (Lipinski definition) is 3. The van der Waals surface area contributed by atoms with Gasteiger partial charge in [-0.2, -0.15) is 0 Å². The summed E-state index contributed by atoms with van der Waals surface area (Å²) in [5.41, 5.74) is 6.03. The van der Waals surface area contributed by atoms with Gasteiger partial charge in [-0.25, -0.2) is 0 Å². The number of nitrogens with one attached hydrogen (secondary N) is 2. The largest absolute Gasteiger partial charge is 0.484 e. The van der Waals surface area contributed by atoms with Crippen LogP contribution in [0, 0.1) is 0 Å². The van der Waals surface area contributed by atoms with Crippen molar-refractivity contribution in [1.82, 2.24) is 5.32 Å². The average molecular weight is 279 g/mol. The van der Waals surface area contributed by atoms with Gasteiger partial charge in [0.1, 0.15) is 5.75 Å². The molecule has 1 rings (SSSR count). The van der Waals surface area contributed by atoms with Gasteiger partial charge < -0.3 is 21.1 Å². The van der Waals surface area contributed by atoms with Gasteiger partial charge in [0, 0.05) is 18.7 Å². The summed E-state index contributed by atoms with van der Waals surface area (Å²) in [6.07, 6.45) is 1.07. The first-order valence-electron chi connectivity index (χ1n) is 6.65. The van der Waals surface area contributed by atoms with E-state index < -0.39 is 0 Å². The molecule has 110 valence electrons. The lowest BCUT2D eigenvalue weighted by molar-refractivity contribution is -0.123. The molecular formula is C14H21N3O3. The Morgan fingerprint density at radius 3 is 2.50 bits per heavy atom. The van der Waals surface area contributed by atoms with Gasteiger partial charge in [0.2, 0.25) is 5.91 Å². The van der Waals surface area contributed by atoms with Gasteiger partial charge in [-0.3, -0.25) is 9.59 Å². The Bertz CT molecular complexity index is 432. The molecule has 0 fully saturated rings. The predicted octanol–water partition coefficient (Wildman–Crippen LogP) is 0.879. The summed E-state index contributed by atoms with van der Waals surface area (Å²) in [6.45, 7) is 2.91. The van der Waals surface area contributed by atoms with Crippen LogP contribution in [0.3, 0.4) is 0 Å². The molecule has 6 heteroatoms. The van der Waals surface area contributed by atoms with Crippen molar-refractivity contribution in [3.8, 4) is 5.75 Å². The van der Waals surface area contributed by atoms with Crippen LogP contribution in [0.15, 0.2) is 24.3 Å². The van der Waals surface area contributed by atoms with Crippen LogP contribution in [0.4, 0.5) is 5.69 Å². The molecule has 4 N–H and O–H groups in total. The van der Waals surface area contributed by atoms with Crippen molar-refractivity contribution in [3.05, 3.63) is 24.3 Å². The first kappa shape index (κ1) is 16.0. The van der Waals surface area contributed by atoms with E-state index in [0.29, 0.717) is 37.4 Å². The van der Waals surface area contributed by atoms with Crippen LogP contribution in [-0.4, -0.2) is 31.5 Å². The SMILES string of the molecule is CCNC(=O)COc1ccc(NC(=O)CCCN)cc1. The normalized spacial score (nSPS) is 9.90. The van der Waals surface area contributed by atoms with Gasteiger partial charge in [0.25, 0.3) is 5.91 Å². The lowest BCUT2D eigenvalue weighted by Gasteiger charge is -2.08. The number of amides is 2. The van der Waals surface area contributed by atoms with Crippen LogP contribution in [0.25, 0.3) is 0 Å². The summed E-state index contributed by atoms with van der Waals surface area (Å²) in [6, 6.07) is 6.87. The highest BCUT2D eigenvalue weighted by atomic mass is 16.5. The highest BCUT2D eigenvalue weighted by Gasteiger charge is 2.03. The van der Waals surface area contributed by atoms with Gasteiger partial charge in [0.05, 0.1) is 0 Å². The molecule has 0 saturated heterocycles. The smallest absolute Gasteiger partial charge is 0.257 e. The first-order valence-corrected chi connectivity index (χ1v) is 6.65. The van der Waals surface area contributed by atoms with Crippen LogP contribution in [0.5, 0.6) is 5.75 Å². The minimum Gasteiger partial charge on any atom is -0.484 e. The second-order valence-electron chi connectivity index (χ2n) is 4.21. The Hall–Kier alpha value is -2.08. The second-order valence-corrected chi connectivity index (χ2v) is 4.21. The summed E-state index contributed by atoms with van der Waals surface area (Å²) < 4.78 is 5.30. The van der Waals surface area contributed by atoms with Gasteiger partial charge in [-0.15, -0.1) is 0 Å². The number of rotatable bonds is 8. The second kappa shape index (κ2) is 8.92. The van der Waals surface area contributed by atoms with Gasteiger partial charge in [0.15, 0.2) is 6.61 Å². The van der Waals surface area contributed by atoms with Gasteiger partial charge in [-0.05, 0) is 44.2 Å². The molecule has 0 aromatic heterocycles. The molecular weight excluding hydrogens is 258 g/mol. The molecule has 0 radical (unpaired) electrons. The maximum Gasteiger partial charge on any atom is 0.257 e. The molecule has 1 aromatic rings. The molecule has 20 heavy (non-hydrogen) atoms. The maximum atomic E-state index is 11.5. The molecule has 0 atom stereocenters. The minimum atomic E-state index is -0.160. The summed E-state index contributed by atoms with van der Waals surface area (Å²) in [5, 5.41) is 5.40. The van der Waals surface area contributed by atoms with Crippen LogP contribution in [0.2, 0.25) is 0 Å². The summed E-state index contributed by atoms with van der Waals surface area (Å²) in [4.78, 5) is 22.7. The Kier molecular flexibility index (Phi) is 7.13.